The van der Waals surface area contributed by atoms with Crippen LogP contribution in [0.2, 0.25) is 0 Å². The Labute approximate surface area is 235 Å². The van der Waals surface area contributed by atoms with Crippen molar-refractivity contribution in [1.82, 2.24) is 0 Å². The summed E-state index contributed by atoms with van der Waals surface area (Å²) in [5, 5.41) is 0. The first kappa shape index (κ1) is 30.2. The molecule has 0 saturated heterocycles. The van der Waals surface area contributed by atoms with Crippen LogP contribution >= 0.6 is 0 Å². The molecular weight excluding hydrogens is 508 g/mol. The number of hydrogen-bond acceptors (Lipinski definition) is 7. The predicted octanol–water partition coefficient (Wildman–Crippen LogP) is 6.97. The van der Waals surface area contributed by atoms with Crippen LogP contribution in [-0.4, -0.2) is 31.1 Å². The third-order valence-electron chi connectivity index (χ3n) is 6.41. The molecule has 0 unspecified atom stereocenters. The Morgan fingerprint density at radius 3 is 1.77 bits per heavy atom. The van der Waals surface area contributed by atoms with Crippen LogP contribution in [0.15, 0.2) is 73.3 Å². The number of ether oxygens (including phenoxy) is 4. The molecule has 3 aromatic carbocycles. The molecule has 0 aliphatic rings. The van der Waals surface area contributed by atoms with Crippen LogP contribution in [0.1, 0.15) is 70.0 Å². The first-order valence-electron chi connectivity index (χ1n) is 13.5. The fourth-order valence-corrected chi connectivity index (χ4v) is 3.81. The van der Waals surface area contributed by atoms with E-state index >= 15 is 0 Å². The predicted molar refractivity (Wildman–Crippen MR) is 153 cm³/mol. The summed E-state index contributed by atoms with van der Waals surface area (Å²) in [5.74, 6) is 0.0390. The van der Waals surface area contributed by atoms with E-state index in [1.165, 1.54) is 5.56 Å². The van der Waals surface area contributed by atoms with E-state index in [0.29, 0.717) is 65.6 Å². The Balaban J connectivity index is 1.52. The topological polar surface area (TPSA) is 88.1 Å². The molecule has 3 aromatic rings. The number of rotatable bonds is 14. The van der Waals surface area contributed by atoms with Gasteiger partial charge in [-0.3, -0.25) is 0 Å². The Hall–Kier alpha value is -4.39. The van der Waals surface area contributed by atoms with Crippen LogP contribution in [0, 0.1) is 13.8 Å². The van der Waals surface area contributed by atoms with Crippen molar-refractivity contribution < 1.29 is 33.3 Å². The summed E-state index contributed by atoms with van der Waals surface area (Å²) in [5.41, 5.74) is 3.46. The highest BCUT2D eigenvalue weighted by Gasteiger charge is 2.16. The summed E-state index contributed by atoms with van der Waals surface area (Å²) in [6.07, 6.45) is 5.73. The van der Waals surface area contributed by atoms with Crippen molar-refractivity contribution in [2.75, 3.05) is 13.2 Å². The molecule has 40 heavy (non-hydrogen) atoms. The van der Waals surface area contributed by atoms with Gasteiger partial charge in [-0.1, -0.05) is 32.1 Å². The van der Waals surface area contributed by atoms with Gasteiger partial charge in [0.1, 0.15) is 17.2 Å². The molecule has 0 aliphatic heterocycles. The fourth-order valence-electron chi connectivity index (χ4n) is 3.81. The molecule has 0 radical (unpaired) electrons. The molecule has 0 N–H and O–H groups in total. The summed E-state index contributed by atoms with van der Waals surface area (Å²) in [7, 11) is 0. The van der Waals surface area contributed by atoms with Gasteiger partial charge >= 0.3 is 17.9 Å². The van der Waals surface area contributed by atoms with Gasteiger partial charge in [-0.25, -0.2) is 14.4 Å². The second kappa shape index (κ2) is 15.3. The van der Waals surface area contributed by atoms with Crippen molar-refractivity contribution in [2.24, 2.45) is 0 Å². The van der Waals surface area contributed by atoms with Crippen LogP contribution in [0.3, 0.4) is 0 Å². The maximum atomic E-state index is 12.7. The zero-order valence-corrected chi connectivity index (χ0v) is 23.4. The second-order valence-electron chi connectivity index (χ2n) is 9.34. The first-order chi connectivity index (χ1) is 19.3. The zero-order valence-electron chi connectivity index (χ0n) is 23.4. The summed E-state index contributed by atoms with van der Waals surface area (Å²) in [4.78, 5) is 36.4. The number of aryl methyl sites for hydroxylation is 1. The smallest absolute Gasteiger partial charge is 0.343 e. The van der Waals surface area contributed by atoms with Crippen molar-refractivity contribution in [1.29, 1.82) is 0 Å². The molecule has 0 aromatic heterocycles. The van der Waals surface area contributed by atoms with Gasteiger partial charge in [0.25, 0.3) is 0 Å². The normalized spacial score (nSPS) is 10.5. The molecular formula is C33H36O7. The molecule has 0 amide bonds. The summed E-state index contributed by atoms with van der Waals surface area (Å²) >= 11 is 0. The molecule has 0 atom stereocenters. The van der Waals surface area contributed by atoms with E-state index in [2.05, 4.69) is 13.5 Å². The number of unbranched alkanes of at least 4 members (excludes halogenated alkanes) is 2. The molecule has 0 aliphatic carbocycles. The first-order valence-corrected chi connectivity index (χ1v) is 13.5. The molecule has 7 nitrogen and oxygen atoms in total. The van der Waals surface area contributed by atoms with Gasteiger partial charge in [0, 0.05) is 6.08 Å². The largest absolute Gasteiger partial charge is 0.494 e. The lowest BCUT2D eigenvalue weighted by atomic mass is 10.1. The zero-order chi connectivity index (χ0) is 28.9. The summed E-state index contributed by atoms with van der Waals surface area (Å²) in [6.45, 7) is 9.89. The Morgan fingerprint density at radius 2 is 1.25 bits per heavy atom. The molecule has 0 saturated carbocycles. The second-order valence-corrected chi connectivity index (χ2v) is 9.34. The van der Waals surface area contributed by atoms with Gasteiger partial charge in [-0.05, 0) is 105 Å². The van der Waals surface area contributed by atoms with Gasteiger partial charge in [0.2, 0.25) is 0 Å². The lowest BCUT2D eigenvalue weighted by Gasteiger charge is -2.14. The average molecular weight is 545 g/mol. The van der Waals surface area contributed by atoms with Crippen LogP contribution in [-0.2, 0) is 16.0 Å². The maximum absolute atomic E-state index is 12.7. The van der Waals surface area contributed by atoms with Gasteiger partial charge in [-0.2, -0.15) is 0 Å². The number of carbonyl (C=O) groups is 3. The highest BCUT2D eigenvalue weighted by molar-refractivity contribution is 5.92. The number of carbonyl (C=O) groups excluding carboxylic acids is 3. The SMILES string of the molecule is C=CC(=O)OCCCCOc1ccc(C(=O)Oc2ccc(OC(=O)c3ccc(CCCC)cc3)c(C)c2C)cc1. The highest BCUT2D eigenvalue weighted by Crippen LogP contribution is 2.30. The average Bonchev–Trinajstić information content (AvgIpc) is 2.97. The minimum atomic E-state index is -0.508. The highest BCUT2D eigenvalue weighted by atomic mass is 16.5. The minimum Gasteiger partial charge on any atom is -0.494 e. The lowest BCUT2D eigenvalue weighted by molar-refractivity contribution is -0.137. The van der Waals surface area contributed by atoms with E-state index in [1.54, 1.807) is 48.5 Å². The number of esters is 3. The van der Waals surface area contributed by atoms with E-state index in [1.807, 2.05) is 26.0 Å². The van der Waals surface area contributed by atoms with Gasteiger partial charge in [0.15, 0.2) is 0 Å². The van der Waals surface area contributed by atoms with Crippen molar-refractivity contribution >= 4 is 17.9 Å². The maximum Gasteiger partial charge on any atom is 0.343 e. The minimum absolute atomic E-state index is 0.314. The Bertz CT molecular complexity index is 1310. The molecule has 3 rings (SSSR count). The van der Waals surface area contributed by atoms with Crippen molar-refractivity contribution in [3.05, 3.63) is 101 Å². The molecule has 0 bridgehead atoms. The molecule has 7 heteroatoms. The van der Waals surface area contributed by atoms with E-state index in [9.17, 15) is 14.4 Å². The summed E-state index contributed by atoms with van der Waals surface area (Å²) < 4.78 is 21.9. The van der Waals surface area contributed by atoms with Crippen LogP contribution in [0.25, 0.3) is 0 Å². The van der Waals surface area contributed by atoms with Crippen molar-refractivity contribution in [3.63, 3.8) is 0 Å². The molecule has 0 spiro atoms. The molecule has 210 valence electrons. The monoisotopic (exact) mass is 544 g/mol. The Morgan fingerprint density at radius 1 is 0.725 bits per heavy atom. The summed E-state index contributed by atoms with van der Waals surface area (Å²) in [6, 6.07) is 17.4. The molecule has 0 fully saturated rings. The number of hydrogen-bond donors (Lipinski definition) is 0. The Kier molecular flexibility index (Phi) is 11.5. The van der Waals surface area contributed by atoms with E-state index in [4.69, 9.17) is 18.9 Å². The van der Waals surface area contributed by atoms with E-state index in [0.717, 1.165) is 25.3 Å². The van der Waals surface area contributed by atoms with Gasteiger partial charge < -0.3 is 18.9 Å². The fraction of sp³-hybridized carbons (Fsp3) is 0.303. The van der Waals surface area contributed by atoms with Crippen LogP contribution in [0.5, 0.6) is 17.2 Å². The van der Waals surface area contributed by atoms with E-state index < -0.39 is 17.9 Å². The van der Waals surface area contributed by atoms with Crippen molar-refractivity contribution in [2.45, 2.75) is 52.9 Å². The third kappa shape index (κ3) is 8.83. The quantitative estimate of drug-likeness (QED) is 0.0937. The van der Waals surface area contributed by atoms with Crippen molar-refractivity contribution in [3.8, 4) is 17.2 Å². The standard InChI is InChI=1S/C33H36O7/c1-5-7-10-25-11-13-26(14-12-25)32(35)39-29-19-20-30(24(4)23(29)3)40-33(36)27-15-17-28(18-16-27)37-21-8-9-22-38-31(34)6-2/h6,11-20H,2,5,7-10,21-22H2,1,3-4H3. The van der Waals surface area contributed by atoms with Crippen LogP contribution in [0.4, 0.5) is 0 Å². The lowest BCUT2D eigenvalue weighted by Crippen LogP contribution is -2.12. The van der Waals surface area contributed by atoms with E-state index in [-0.39, 0.29) is 0 Å². The van der Waals surface area contributed by atoms with Crippen LogP contribution < -0.4 is 14.2 Å². The van der Waals surface area contributed by atoms with Gasteiger partial charge in [-0.15, -0.1) is 0 Å². The third-order valence-corrected chi connectivity index (χ3v) is 6.41. The molecule has 0 heterocycles. The number of benzene rings is 3. The van der Waals surface area contributed by atoms with Gasteiger partial charge in [0.05, 0.1) is 24.3 Å².